The lowest BCUT2D eigenvalue weighted by Gasteiger charge is -2.35. The second-order valence-electron chi connectivity index (χ2n) is 5.39. The van der Waals surface area contributed by atoms with Crippen molar-refractivity contribution in [1.82, 2.24) is 0 Å². The smallest absolute Gasteiger partial charge is 0.262 e. The van der Waals surface area contributed by atoms with Crippen LogP contribution in [0.25, 0.3) is 0 Å². The van der Waals surface area contributed by atoms with Crippen molar-refractivity contribution in [3.63, 3.8) is 0 Å². The van der Waals surface area contributed by atoms with Gasteiger partial charge in [0, 0.05) is 11.7 Å². The number of para-hydroxylation sites is 1. The van der Waals surface area contributed by atoms with Crippen molar-refractivity contribution in [3.8, 4) is 11.5 Å². The number of phenols is 2. The number of phenolic OH excluding ortho intramolecular Hbond substituents is 2. The largest absolute Gasteiger partial charge is 0.508 e. The fraction of sp³-hybridized carbons (Fsp3) is 0.235. The van der Waals surface area contributed by atoms with Crippen LogP contribution >= 0.6 is 0 Å². The molecule has 1 aliphatic heterocycles. The van der Waals surface area contributed by atoms with E-state index in [-0.39, 0.29) is 29.0 Å². The number of benzene rings is 2. The number of anilines is 1. The van der Waals surface area contributed by atoms with Gasteiger partial charge < -0.3 is 15.1 Å². The summed E-state index contributed by atoms with van der Waals surface area (Å²) in [5, 5.41) is 19.5. The molecule has 108 valence electrons. The molecule has 2 aromatic rings. The van der Waals surface area contributed by atoms with E-state index in [1.165, 1.54) is 18.2 Å². The molecule has 0 fully saturated rings. The zero-order chi connectivity index (χ0) is 15.0. The number of fused-ring (bicyclic) bond motifs is 1. The van der Waals surface area contributed by atoms with Crippen molar-refractivity contribution in [2.45, 2.75) is 25.8 Å². The zero-order valence-electron chi connectivity index (χ0n) is 11.8. The number of aromatic hydroxyl groups is 2. The summed E-state index contributed by atoms with van der Waals surface area (Å²) in [6.45, 7) is 1.99. The molecule has 2 N–H and O–H groups in total. The minimum atomic E-state index is -0.289. The number of aryl methyl sites for hydroxylation is 1. The van der Waals surface area contributed by atoms with E-state index in [2.05, 4.69) is 0 Å². The van der Waals surface area contributed by atoms with Crippen LogP contribution in [-0.4, -0.2) is 22.2 Å². The molecular formula is C17H17NO3. The fourth-order valence-corrected chi connectivity index (χ4v) is 2.82. The average molecular weight is 283 g/mol. The first-order valence-corrected chi connectivity index (χ1v) is 7.01. The zero-order valence-corrected chi connectivity index (χ0v) is 11.8. The quantitative estimate of drug-likeness (QED) is 0.791. The molecule has 1 aliphatic rings. The normalized spacial score (nSPS) is 17.4. The monoisotopic (exact) mass is 283 g/mol. The summed E-state index contributed by atoms with van der Waals surface area (Å²) in [4.78, 5) is 14.5. The number of amides is 1. The Morgan fingerprint density at radius 2 is 1.95 bits per heavy atom. The molecule has 1 heterocycles. The van der Waals surface area contributed by atoms with E-state index in [1.807, 2.05) is 31.2 Å². The fourth-order valence-electron chi connectivity index (χ4n) is 2.82. The first-order valence-electron chi connectivity index (χ1n) is 7.01. The number of rotatable bonds is 1. The highest BCUT2D eigenvalue weighted by atomic mass is 16.3. The Morgan fingerprint density at radius 1 is 1.19 bits per heavy atom. The molecule has 0 spiro atoms. The van der Waals surface area contributed by atoms with Crippen molar-refractivity contribution in [2.24, 2.45) is 0 Å². The van der Waals surface area contributed by atoms with Gasteiger partial charge in [0.25, 0.3) is 5.91 Å². The van der Waals surface area contributed by atoms with Crippen LogP contribution in [0.15, 0.2) is 42.5 Å². The summed E-state index contributed by atoms with van der Waals surface area (Å²) in [5.41, 5.74) is 2.13. The van der Waals surface area contributed by atoms with E-state index in [4.69, 9.17) is 0 Å². The standard InChI is InChI=1S/C17H17NO3/c1-11-6-7-12-4-2-3-5-15(12)18(11)17(21)14-10-13(19)8-9-16(14)20/h2-5,8-11,19-20H,6-7H2,1H3. The van der Waals surface area contributed by atoms with Gasteiger partial charge in [-0.05, 0) is 49.6 Å². The van der Waals surface area contributed by atoms with Gasteiger partial charge in [-0.1, -0.05) is 18.2 Å². The Balaban J connectivity index is 2.07. The predicted octanol–water partition coefficient (Wildman–Crippen LogP) is 3.08. The van der Waals surface area contributed by atoms with E-state index in [1.54, 1.807) is 4.90 Å². The molecule has 0 radical (unpaired) electrons. The molecular weight excluding hydrogens is 266 g/mol. The molecule has 0 saturated heterocycles. The lowest BCUT2D eigenvalue weighted by atomic mass is 9.95. The summed E-state index contributed by atoms with van der Waals surface area (Å²) in [5.74, 6) is -0.440. The third-order valence-corrected chi connectivity index (χ3v) is 3.95. The van der Waals surface area contributed by atoms with Gasteiger partial charge in [0.2, 0.25) is 0 Å². The van der Waals surface area contributed by atoms with Gasteiger partial charge in [0.05, 0.1) is 5.56 Å². The number of carbonyl (C=O) groups excluding carboxylic acids is 1. The summed E-state index contributed by atoms with van der Waals surface area (Å²) in [6.07, 6.45) is 1.81. The van der Waals surface area contributed by atoms with E-state index >= 15 is 0 Å². The summed E-state index contributed by atoms with van der Waals surface area (Å²) in [6, 6.07) is 11.9. The van der Waals surface area contributed by atoms with Gasteiger partial charge in [-0.2, -0.15) is 0 Å². The SMILES string of the molecule is CC1CCc2ccccc2N1C(=O)c1cc(O)ccc1O. The Kier molecular flexibility index (Phi) is 3.29. The highest BCUT2D eigenvalue weighted by molar-refractivity contribution is 6.09. The van der Waals surface area contributed by atoms with Crippen molar-refractivity contribution in [3.05, 3.63) is 53.6 Å². The van der Waals surface area contributed by atoms with Crippen molar-refractivity contribution >= 4 is 11.6 Å². The van der Waals surface area contributed by atoms with Crippen LogP contribution in [0.5, 0.6) is 11.5 Å². The summed E-state index contributed by atoms with van der Waals surface area (Å²) < 4.78 is 0. The number of nitrogens with zero attached hydrogens (tertiary/aromatic N) is 1. The Hall–Kier alpha value is -2.49. The first-order chi connectivity index (χ1) is 10.1. The molecule has 4 nitrogen and oxygen atoms in total. The van der Waals surface area contributed by atoms with E-state index in [0.29, 0.717) is 0 Å². The minimum absolute atomic E-state index is 0.0332. The van der Waals surface area contributed by atoms with E-state index in [0.717, 1.165) is 24.1 Å². The molecule has 0 aliphatic carbocycles. The van der Waals surface area contributed by atoms with Gasteiger partial charge >= 0.3 is 0 Å². The van der Waals surface area contributed by atoms with Crippen molar-refractivity contribution in [1.29, 1.82) is 0 Å². The molecule has 21 heavy (non-hydrogen) atoms. The molecule has 0 aromatic heterocycles. The Morgan fingerprint density at radius 3 is 2.76 bits per heavy atom. The highest BCUT2D eigenvalue weighted by Crippen LogP contribution is 2.33. The molecule has 3 rings (SSSR count). The van der Waals surface area contributed by atoms with Gasteiger partial charge in [-0.3, -0.25) is 4.79 Å². The molecule has 1 unspecified atom stereocenters. The average Bonchev–Trinajstić information content (AvgIpc) is 2.49. The summed E-state index contributed by atoms with van der Waals surface area (Å²) >= 11 is 0. The first kappa shape index (κ1) is 13.5. The maximum atomic E-state index is 12.8. The molecule has 1 atom stereocenters. The van der Waals surface area contributed by atoms with Crippen LogP contribution in [-0.2, 0) is 6.42 Å². The van der Waals surface area contributed by atoms with E-state index in [9.17, 15) is 15.0 Å². The van der Waals surface area contributed by atoms with Crippen LogP contribution in [0.1, 0.15) is 29.3 Å². The summed E-state index contributed by atoms with van der Waals surface area (Å²) in [7, 11) is 0. The van der Waals surface area contributed by atoms with Crippen molar-refractivity contribution in [2.75, 3.05) is 4.90 Å². The Bertz CT molecular complexity index is 696. The van der Waals surface area contributed by atoms with Crippen LogP contribution in [0.3, 0.4) is 0 Å². The minimum Gasteiger partial charge on any atom is -0.508 e. The van der Waals surface area contributed by atoms with Crippen molar-refractivity contribution < 1.29 is 15.0 Å². The molecule has 2 aromatic carbocycles. The highest BCUT2D eigenvalue weighted by Gasteiger charge is 2.30. The maximum Gasteiger partial charge on any atom is 0.262 e. The van der Waals surface area contributed by atoms with Crippen LogP contribution in [0.4, 0.5) is 5.69 Å². The van der Waals surface area contributed by atoms with E-state index < -0.39 is 0 Å². The molecule has 4 heteroatoms. The Labute approximate surface area is 123 Å². The number of hydrogen-bond donors (Lipinski definition) is 2. The topological polar surface area (TPSA) is 60.8 Å². The third-order valence-electron chi connectivity index (χ3n) is 3.95. The van der Waals surface area contributed by atoms with Crippen LogP contribution < -0.4 is 4.90 Å². The van der Waals surface area contributed by atoms with Crippen LogP contribution in [0, 0.1) is 0 Å². The van der Waals surface area contributed by atoms with Crippen LogP contribution in [0.2, 0.25) is 0 Å². The second kappa shape index (κ2) is 5.13. The molecule has 0 saturated carbocycles. The molecule has 0 bridgehead atoms. The number of carbonyl (C=O) groups is 1. The second-order valence-corrected chi connectivity index (χ2v) is 5.39. The lowest BCUT2D eigenvalue weighted by molar-refractivity contribution is 0.0972. The molecule has 1 amide bonds. The van der Waals surface area contributed by atoms with Gasteiger partial charge in [0.15, 0.2) is 0 Å². The van der Waals surface area contributed by atoms with Gasteiger partial charge in [-0.25, -0.2) is 0 Å². The third kappa shape index (κ3) is 2.33. The van der Waals surface area contributed by atoms with Gasteiger partial charge in [-0.15, -0.1) is 0 Å². The lowest BCUT2D eigenvalue weighted by Crippen LogP contribution is -2.42. The van der Waals surface area contributed by atoms with Gasteiger partial charge in [0.1, 0.15) is 11.5 Å². The predicted molar refractivity (Wildman–Crippen MR) is 80.8 cm³/mol. The number of hydrogen-bond acceptors (Lipinski definition) is 3. The maximum absolute atomic E-state index is 12.8.